The topological polar surface area (TPSA) is 70.5 Å². The zero-order valence-corrected chi connectivity index (χ0v) is 11.2. The Morgan fingerprint density at radius 2 is 1.94 bits per heavy atom. The number of hydrogen-bond donors (Lipinski definition) is 2. The third kappa shape index (κ3) is 3.51. The molecule has 0 saturated carbocycles. The van der Waals surface area contributed by atoms with Crippen molar-refractivity contribution in [2.24, 2.45) is 11.5 Å². The molecule has 5 heteroatoms. The Morgan fingerprint density at radius 3 is 2.72 bits per heavy atom. The Labute approximate surface area is 114 Å². The number of hydrogen-bond acceptors (Lipinski definition) is 4. The first-order chi connectivity index (χ1) is 8.33. The molecule has 0 aliphatic carbocycles. The Hall–Kier alpha value is -0.970. The zero-order valence-electron chi connectivity index (χ0n) is 10.4. The molecule has 0 amide bonds. The van der Waals surface area contributed by atoms with Gasteiger partial charge in [0.1, 0.15) is 13.2 Å². The monoisotopic (exact) mass is 272 g/mol. The highest BCUT2D eigenvalue weighted by Gasteiger charge is 2.19. The van der Waals surface area contributed by atoms with Crippen molar-refractivity contribution in [3.63, 3.8) is 0 Å². The highest BCUT2D eigenvalue weighted by molar-refractivity contribution is 5.85. The van der Waals surface area contributed by atoms with Crippen LogP contribution in [-0.2, 0) is 0 Å². The molecule has 0 fully saturated rings. The SMILES string of the molecule is Cl.NCCCC[C@H](N)c1cccc2c1OCCO2. The van der Waals surface area contributed by atoms with Gasteiger partial charge in [-0.3, -0.25) is 0 Å². The first kappa shape index (κ1) is 15.1. The number of unbranched alkanes of at least 4 members (excludes halogenated alkanes) is 1. The summed E-state index contributed by atoms with van der Waals surface area (Å²) < 4.78 is 11.2. The van der Waals surface area contributed by atoms with Crippen molar-refractivity contribution >= 4 is 12.4 Å². The minimum Gasteiger partial charge on any atom is -0.486 e. The maximum absolute atomic E-state index is 6.18. The van der Waals surface area contributed by atoms with E-state index in [1.165, 1.54) is 0 Å². The van der Waals surface area contributed by atoms with Gasteiger partial charge in [0.05, 0.1) is 0 Å². The van der Waals surface area contributed by atoms with Gasteiger partial charge in [-0.1, -0.05) is 18.6 Å². The predicted molar refractivity (Wildman–Crippen MR) is 74.5 cm³/mol. The van der Waals surface area contributed by atoms with E-state index in [1.807, 2.05) is 18.2 Å². The van der Waals surface area contributed by atoms with Gasteiger partial charge in [-0.2, -0.15) is 0 Å². The van der Waals surface area contributed by atoms with Crippen LogP contribution in [0, 0.1) is 0 Å². The normalized spacial score (nSPS) is 14.8. The summed E-state index contributed by atoms with van der Waals surface area (Å²) in [7, 11) is 0. The van der Waals surface area contributed by atoms with E-state index in [9.17, 15) is 0 Å². The van der Waals surface area contributed by atoms with Crippen LogP contribution in [0.25, 0.3) is 0 Å². The van der Waals surface area contributed by atoms with Gasteiger partial charge in [0, 0.05) is 11.6 Å². The highest BCUT2D eigenvalue weighted by Crippen LogP contribution is 2.37. The Kier molecular flexibility index (Phi) is 6.25. The Morgan fingerprint density at radius 1 is 1.17 bits per heavy atom. The van der Waals surface area contributed by atoms with E-state index >= 15 is 0 Å². The number of para-hydroxylation sites is 1. The molecule has 1 atom stereocenters. The zero-order chi connectivity index (χ0) is 12.1. The summed E-state index contributed by atoms with van der Waals surface area (Å²) in [6.45, 7) is 1.93. The predicted octanol–water partition coefficient (Wildman–Crippen LogP) is 2.01. The number of fused-ring (bicyclic) bond motifs is 1. The average Bonchev–Trinajstić information content (AvgIpc) is 2.38. The standard InChI is InChI=1S/C13H20N2O2.ClH/c14-7-2-1-5-11(15)10-4-3-6-12-13(10)17-9-8-16-12;/h3-4,6,11H,1-2,5,7-9,14-15H2;1H/t11-;/m0./s1. The molecule has 1 aromatic rings. The van der Waals surface area contributed by atoms with Crippen molar-refractivity contribution in [2.75, 3.05) is 19.8 Å². The second-order valence-electron chi connectivity index (χ2n) is 4.26. The minimum atomic E-state index is -0.00167. The first-order valence-corrected chi connectivity index (χ1v) is 6.17. The van der Waals surface area contributed by atoms with Crippen molar-refractivity contribution in [2.45, 2.75) is 25.3 Å². The minimum absolute atomic E-state index is 0. The molecule has 0 bridgehead atoms. The second-order valence-corrected chi connectivity index (χ2v) is 4.26. The van der Waals surface area contributed by atoms with Crippen LogP contribution < -0.4 is 20.9 Å². The van der Waals surface area contributed by atoms with Gasteiger partial charge in [-0.05, 0) is 25.5 Å². The molecule has 4 nitrogen and oxygen atoms in total. The fourth-order valence-corrected chi connectivity index (χ4v) is 2.05. The summed E-state index contributed by atoms with van der Waals surface area (Å²) in [4.78, 5) is 0. The van der Waals surface area contributed by atoms with Crippen LogP contribution in [-0.4, -0.2) is 19.8 Å². The molecule has 4 N–H and O–H groups in total. The maximum atomic E-state index is 6.18. The molecule has 0 unspecified atom stereocenters. The van der Waals surface area contributed by atoms with Crippen LogP contribution in [0.4, 0.5) is 0 Å². The lowest BCUT2D eigenvalue weighted by atomic mass is 10.0. The fraction of sp³-hybridized carbons (Fsp3) is 0.538. The lowest BCUT2D eigenvalue weighted by Crippen LogP contribution is -2.19. The van der Waals surface area contributed by atoms with Crippen LogP contribution in [0.1, 0.15) is 30.9 Å². The van der Waals surface area contributed by atoms with E-state index in [1.54, 1.807) is 0 Å². The first-order valence-electron chi connectivity index (χ1n) is 6.17. The number of halogens is 1. The van der Waals surface area contributed by atoms with Gasteiger partial charge in [0.15, 0.2) is 11.5 Å². The van der Waals surface area contributed by atoms with Gasteiger partial charge < -0.3 is 20.9 Å². The number of ether oxygens (including phenoxy) is 2. The largest absolute Gasteiger partial charge is 0.486 e. The summed E-state index contributed by atoms with van der Waals surface area (Å²) in [6, 6.07) is 5.90. The van der Waals surface area contributed by atoms with E-state index in [2.05, 4.69) is 0 Å². The molecule has 0 radical (unpaired) electrons. The molecule has 0 saturated heterocycles. The van der Waals surface area contributed by atoms with Crippen molar-refractivity contribution in [1.82, 2.24) is 0 Å². The Balaban J connectivity index is 0.00000162. The van der Waals surface area contributed by atoms with Gasteiger partial charge >= 0.3 is 0 Å². The van der Waals surface area contributed by atoms with E-state index in [0.717, 1.165) is 42.9 Å². The molecule has 1 heterocycles. The molecular weight excluding hydrogens is 252 g/mol. The third-order valence-electron chi connectivity index (χ3n) is 2.97. The summed E-state index contributed by atoms with van der Waals surface area (Å²) in [5.74, 6) is 1.63. The number of benzene rings is 1. The second kappa shape index (κ2) is 7.46. The van der Waals surface area contributed by atoms with Crippen LogP contribution >= 0.6 is 12.4 Å². The molecule has 1 aromatic carbocycles. The summed E-state index contributed by atoms with van der Waals surface area (Å²) in [6.07, 6.45) is 2.99. The lowest BCUT2D eigenvalue weighted by molar-refractivity contribution is 0.169. The van der Waals surface area contributed by atoms with Gasteiger partial charge in [0.2, 0.25) is 0 Å². The van der Waals surface area contributed by atoms with Gasteiger partial charge in [0.25, 0.3) is 0 Å². The summed E-state index contributed by atoms with van der Waals surface area (Å²) in [5, 5.41) is 0. The summed E-state index contributed by atoms with van der Waals surface area (Å²) in [5.41, 5.74) is 12.7. The lowest BCUT2D eigenvalue weighted by Gasteiger charge is -2.23. The van der Waals surface area contributed by atoms with E-state index in [4.69, 9.17) is 20.9 Å². The highest BCUT2D eigenvalue weighted by atomic mass is 35.5. The van der Waals surface area contributed by atoms with E-state index in [0.29, 0.717) is 13.2 Å². The van der Waals surface area contributed by atoms with Crippen LogP contribution in [0.5, 0.6) is 11.5 Å². The Bertz CT molecular complexity index is 374. The van der Waals surface area contributed by atoms with Crippen molar-refractivity contribution < 1.29 is 9.47 Å². The van der Waals surface area contributed by atoms with E-state index in [-0.39, 0.29) is 18.4 Å². The number of rotatable bonds is 5. The number of nitrogens with two attached hydrogens (primary N) is 2. The fourth-order valence-electron chi connectivity index (χ4n) is 2.05. The van der Waals surface area contributed by atoms with Crippen LogP contribution in [0.2, 0.25) is 0 Å². The molecule has 0 aromatic heterocycles. The van der Waals surface area contributed by atoms with Crippen molar-refractivity contribution in [1.29, 1.82) is 0 Å². The molecule has 102 valence electrons. The van der Waals surface area contributed by atoms with Crippen LogP contribution in [0.3, 0.4) is 0 Å². The maximum Gasteiger partial charge on any atom is 0.166 e. The molecule has 1 aliphatic heterocycles. The van der Waals surface area contributed by atoms with Gasteiger partial charge in [-0.15, -0.1) is 12.4 Å². The molecule has 0 spiro atoms. The summed E-state index contributed by atoms with van der Waals surface area (Å²) >= 11 is 0. The van der Waals surface area contributed by atoms with Gasteiger partial charge in [-0.25, -0.2) is 0 Å². The molecule has 18 heavy (non-hydrogen) atoms. The average molecular weight is 273 g/mol. The van der Waals surface area contributed by atoms with E-state index < -0.39 is 0 Å². The quantitative estimate of drug-likeness (QED) is 0.805. The van der Waals surface area contributed by atoms with Crippen molar-refractivity contribution in [3.05, 3.63) is 23.8 Å². The molecule has 2 rings (SSSR count). The van der Waals surface area contributed by atoms with Crippen LogP contribution in [0.15, 0.2) is 18.2 Å². The van der Waals surface area contributed by atoms with Crippen molar-refractivity contribution in [3.8, 4) is 11.5 Å². The molecular formula is C13H21ClN2O2. The molecule has 1 aliphatic rings. The third-order valence-corrected chi connectivity index (χ3v) is 2.97. The smallest absolute Gasteiger partial charge is 0.166 e.